The SMILES string of the molecule is COC(=O)C12OC[C@]34[C@H]([C@@H](O)[C@@H]1O)[C@@]1(C)CC(=O)C(O)=C(C)[C@@H]1C[C@H]3OC(=O)[C@H](OC(=O)/C=C(\C)C1(C)CO1)[C@@H]24. The summed E-state index contributed by atoms with van der Waals surface area (Å²) in [7, 11) is 1.09. The molecular weight excluding hydrogens is 528 g/mol. The highest BCUT2D eigenvalue weighted by molar-refractivity contribution is 5.95. The zero-order chi connectivity index (χ0) is 29.2. The van der Waals surface area contributed by atoms with Crippen LogP contribution in [0.4, 0.5) is 0 Å². The number of rotatable bonds is 4. The molecule has 2 bridgehead atoms. The molecule has 3 N–H and O–H groups in total. The lowest BCUT2D eigenvalue weighted by atomic mass is 9.38. The lowest BCUT2D eigenvalue weighted by Crippen LogP contribution is -2.79. The van der Waals surface area contributed by atoms with Crippen molar-refractivity contribution in [2.45, 2.75) is 76.2 Å². The molecule has 12 nitrogen and oxygen atoms in total. The number of ketones is 1. The van der Waals surface area contributed by atoms with Crippen molar-refractivity contribution < 1.29 is 58.2 Å². The van der Waals surface area contributed by atoms with Gasteiger partial charge in [-0.25, -0.2) is 14.4 Å². The van der Waals surface area contributed by atoms with Gasteiger partial charge in [0.25, 0.3) is 0 Å². The molecule has 6 rings (SSSR count). The van der Waals surface area contributed by atoms with E-state index in [9.17, 15) is 34.5 Å². The van der Waals surface area contributed by atoms with Crippen molar-refractivity contribution in [3.05, 3.63) is 23.0 Å². The van der Waals surface area contributed by atoms with Crippen molar-refractivity contribution in [1.29, 1.82) is 0 Å². The minimum Gasteiger partial charge on any atom is -0.504 e. The first-order valence-electron chi connectivity index (χ1n) is 13.4. The summed E-state index contributed by atoms with van der Waals surface area (Å²) in [4.78, 5) is 53.0. The fourth-order valence-electron chi connectivity index (χ4n) is 8.68. The molecule has 2 unspecified atom stereocenters. The molecule has 0 aromatic rings. The van der Waals surface area contributed by atoms with E-state index in [1.54, 1.807) is 27.7 Å². The number of aliphatic hydroxyl groups is 3. The summed E-state index contributed by atoms with van der Waals surface area (Å²) in [6, 6.07) is 0. The Kier molecular flexibility index (Phi) is 5.73. The number of allylic oxidation sites excluding steroid dienone is 2. The highest BCUT2D eigenvalue weighted by Crippen LogP contribution is 2.72. The molecule has 6 aliphatic rings. The summed E-state index contributed by atoms with van der Waals surface area (Å²) in [5.41, 5.74) is -4.23. The van der Waals surface area contributed by atoms with Gasteiger partial charge < -0.3 is 39.0 Å². The van der Waals surface area contributed by atoms with Crippen LogP contribution in [0.3, 0.4) is 0 Å². The van der Waals surface area contributed by atoms with Crippen molar-refractivity contribution in [2.75, 3.05) is 20.3 Å². The van der Waals surface area contributed by atoms with Gasteiger partial charge in [0.05, 0.1) is 32.3 Å². The lowest BCUT2D eigenvalue weighted by molar-refractivity contribution is -0.290. The molecule has 12 heteroatoms. The predicted molar refractivity (Wildman–Crippen MR) is 131 cm³/mol. The number of carbonyl (C=O) groups is 4. The van der Waals surface area contributed by atoms with Gasteiger partial charge in [-0.15, -0.1) is 0 Å². The monoisotopic (exact) mass is 562 g/mol. The Morgan fingerprint density at radius 2 is 1.77 bits per heavy atom. The van der Waals surface area contributed by atoms with Gasteiger partial charge in [0.2, 0.25) is 11.7 Å². The number of epoxide rings is 1. The molecule has 5 fully saturated rings. The molecule has 11 atom stereocenters. The summed E-state index contributed by atoms with van der Waals surface area (Å²) in [6.07, 6.45) is -4.90. The Morgan fingerprint density at radius 1 is 1.10 bits per heavy atom. The van der Waals surface area contributed by atoms with Crippen LogP contribution in [-0.2, 0) is 42.9 Å². The standard InChI is InChI=1S/C28H34O12/c1-11(26(4)9-37-26)6-16(30)40-19-21-27-10-38-28(21,24(35)36-5)22(33)18(32)20(27)25(3)8-14(29)17(31)12(2)13(25)7-15(27)39-23(19)34/h6,13,15,18-22,31-33H,7-10H2,1-5H3/b11-6+/t13-,15+,18+,19+,20+,21+,22-,25-,26?,27+,28?/m0/s1. The normalized spacial score (nSPS) is 49.1. The quantitative estimate of drug-likeness (QED) is 0.185. The first kappa shape index (κ1) is 27.4. The van der Waals surface area contributed by atoms with Gasteiger partial charge in [0.1, 0.15) is 17.8 Å². The molecule has 0 aromatic carbocycles. The Labute approximate surface area is 230 Å². The van der Waals surface area contributed by atoms with Gasteiger partial charge in [0.15, 0.2) is 11.5 Å². The zero-order valence-corrected chi connectivity index (χ0v) is 23.0. The topological polar surface area (TPSA) is 178 Å². The molecule has 1 spiro atoms. The van der Waals surface area contributed by atoms with Crippen LogP contribution in [0.1, 0.15) is 40.5 Å². The molecule has 3 aliphatic heterocycles. The van der Waals surface area contributed by atoms with E-state index in [1.165, 1.54) is 6.08 Å². The van der Waals surface area contributed by atoms with E-state index < -0.39 is 87.9 Å². The third-order valence-electron chi connectivity index (χ3n) is 10.8. The summed E-state index contributed by atoms with van der Waals surface area (Å²) >= 11 is 0. The summed E-state index contributed by atoms with van der Waals surface area (Å²) in [5.74, 6) is -6.43. The first-order chi connectivity index (χ1) is 18.7. The number of ether oxygens (including phenoxy) is 5. The Bertz CT molecular complexity index is 1280. The van der Waals surface area contributed by atoms with Crippen LogP contribution in [0.15, 0.2) is 23.0 Å². The molecule has 3 saturated heterocycles. The minimum absolute atomic E-state index is 0.152. The van der Waals surface area contributed by atoms with Crippen LogP contribution in [0.5, 0.6) is 0 Å². The molecule has 40 heavy (non-hydrogen) atoms. The first-order valence-corrected chi connectivity index (χ1v) is 13.4. The minimum atomic E-state index is -2.24. The average Bonchev–Trinajstić information content (AvgIpc) is 3.58. The molecule has 3 heterocycles. The zero-order valence-electron chi connectivity index (χ0n) is 23.0. The lowest BCUT2D eigenvalue weighted by Gasteiger charge is -2.67. The fourth-order valence-corrected chi connectivity index (χ4v) is 8.68. The van der Waals surface area contributed by atoms with Gasteiger partial charge >= 0.3 is 17.9 Å². The number of hydrogen-bond donors (Lipinski definition) is 3. The van der Waals surface area contributed by atoms with Crippen LogP contribution in [0, 0.1) is 28.6 Å². The number of hydrogen-bond acceptors (Lipinski definition) is 12. The van der Waals surface area contributed by atoms with E-state index in [-0.39, 0.29) is 25.2 Å². The van der Waals surface area contributed by atoms with Crippen molar-refractivity contribution in [3.63, 3.8) is 0 Å². The Balaban J connectivity index is 1.51. The number of aliphatic hydroxyl groups excluding tert-OH is 3. The number of fused-ring (bicyclic) bond motifs is 2. The summed E-state index contributed by atoms with van der Waals surface area (Å²) in [6.45, 7) is 7.09. The number of esters is 3. The smallest absolute Gasteiger partial charge is 0.348 e. The van der Waals surface area contributed by atoms with E-state index >= 15 is 0 Å². The van der Waals surface area contributed by atoms with Crippen LogP contribution in [-0.4, -0.2) is 95.0 Å². The maximum atomic E-state index is 13.6. The second-order valence-electron chi connectivity index (χ2n) is 12.6. The van der Waals surface area contributed by atoms with Gasteiger partial charge in [-0.2, -0.15) is 0 Å². The van der Waals surface area contributed by atoms with Crippen LogP contribution >= 0.6 is 0 Å². The van der Waals surface area contributed by atoms with E-state index in [0.717, 1.165) is 7.11 Å². The summed E-state index contributed by atoms with van der Waals surface area (Å²) in [5, 5.41) is 33.8. The Hall–Kier alpha value is -2.80. The van der Waals surface area contributed by atoms with E-state index in [2.05, 4.69) is 0 Å². The molecule has 3 aliphatic carbocycles. The highest BCUT2D eigenvalue weighted by Gasteiger charge is 2.85. The van der Waals surface area contributed by atoms with E-state index in [1.807, 2.05) is 0 Å². The average molecular weight is 563 g/mol. The van der Waals surface area contributed by atoms with E-state index in [0.29, 0.717) is 17.8 Å². The van der Waals surface area contributed by atoms with Crippen LogP contribution < -0.4 is 0 Å². The van der Waals surface area contributed by atoms with Gasteiger partial charge in [-0.1, -0.05) is 6.92 Å². The van der Waals surface area contributed by atoms with Gasteiger partial charge in [-0.05, 0) is 49.7 Å². The fraction of sp³-hybridized carbons (Fsp3) is 0.714. The predicted octanol–water partition coefficient (Wildman–Crippen LogP) is 0.286. The number of Topliss-reactive ketones (excluding diaryl/α,β-unsaturated/α-hetero) is 1. The molecule has 0 radical (unpaired) electrons. The molecule has 0 amide bonds. The highest BCUT2D eigenvalue weighted by atomic mass is 16.6. The summed E-state index contributed by atoms with van der Waals surface area (Å²) < 4.78 is 28.1. The van der Waals surface area contributed by atoms with Crippen molar-refractivity contribution in [1.82, 2.24) is 0 Å². The van der Waals surface area contributed by atoms with Gasteiger partial charge in [-0.3, -0.25) is 4.79 Å². The molecular formula is C28H34O12. The van der Waals surface area contributed by atoms with E-state index in [4.69, 9.17) is 23.7 Å². The maximum Gasteiger partial charge on any atom is 0.348 e. The third kappa shape index (κ3) is 3.16. The van der Waals surface area contributed by atoms with Crippen molar-refractivity contribution in [2.24, 2.45) is 28.6 Å². The number of methoxy groups -OCH3 is 1. The maximum absolute atomic E-state index is 13.6. The van der Waals surface area contributed by atoms with Crippen molar-refractivity contribution >= 4 is 23.7 Å². The number of carbonyl (C=O) groups excluding carboxylic acids is 4. The third-order valence-corrected chi connectivity index (χ3v) is 10.8. The Morgan fingerprint density at radius 3 is 2.40 bits per heavy atom. The largest absolute Gasteiger partial charge is 0.504 e. The molecule has 2 saturated carbocycles. The van der Waals surface area contributed by atoms with Crippen molar-refractivity contribution in [3.8, 4) is 0 Å². The second-order valence-corrected chi connectivity index (χ2v) is 12.6. The molecule has 218 valence electrons. The second kappa shape index (κ2) is 8.37. The molecule has 0 aromatic heterocycles. The van der Waals surface area contributed by atoms with Crippen LogP contribution in [0.25, 0.3) is 0 Å². The van der Waals surface area contributed by atoms with Crippen LogP contribution in [0.2, 0.25) is 0 Å². The van der Waals surface area contributed by atoms with Gasteiger partial charge in [0, 0.05) is 23.8 Å².